The van der Waals surface area contributed by atoms with E-state index in [0.717, 1.165) is 28.2 Å². The smallest absolute Gasteiger partial charge is 0.382 e. The summed E-state index contributed by atoms with van der Waals surface area (Å²) >= 11 is 0. The van der Waals surface area contributed by atoms with Gasteiger partial charge in [-0.3, -0.25) is 4.89 Å². The van der Waals surface area contributed by atoms with Gasteiger partial charge in [-0.1, -0.05) is 90.1 Å². The van der Waals surface area contributed by atoms with Crippen LogP contribution >= 0.6 is 0 Å². The van der Waals surface area contributed by atoms with Crippen molar-refractivity contribution in [1.29, 1.82) is 0 Å². The van der Waals surface area contributed by atoms with Crippen LogP contribution in [0.4, 0.5) is 17.1 Å². The fourth-order valence-electron chi connectivity index (χ4n) is 3.65. The predicted molar refractivity (Wildman–Crippen MR) is 146 cm³/mol. The molecule has 37 heavy (non-hydrogen) atoms. The van der Waals surface area contributed by atoms with Crippen LogP contribution in [0.2, 0.25) is 0 Å². The first kappa shape index (κ1) is 25.7. The van der Waals surface area contributed by atoms with Gasteiger partial charge in [-0.2, -0.15) is 4.89 Å². The molecule has 188 valence electrons. The summed E-state index contributed by atoms with van der Waals surface area (Å²) in [6, 6.07) is 38.0. The van der Waals surface area contributed by atoms with Crippen molar-refractivity contribution in [3.63, 3.8) is 0 Å². The Morgan fingerprint density at radius 2 is 1.24 bits per heavy atom. The van der Waals surface area contributed by atoms with Crippen molar-refractivity contribution >= 4 is 28.7 Å². The number of oxime groups is 1. The Kier molecular flexibility index (Phi) is 8.33. The van der Waals surface area contributed by atoms with E-state index in [2.05, 4.69) is 34.3 Å². The monoisotopic (exact) mass is 494 g/mol. The van der Waals surface area contributed by atoms with Crippen molar-refractivity contribution in [1.82, 2.24) is 0 Å². The van der Waals surface area contributed by atoms with Gasteiger partial charge in [0.25, 0.3) is 0 Å². The molecule has 0 amide bonds. The third-order valence-corrected chi connectivity index (χ3v) is 5.20. The second-order valence-electron chi connectivity index (χ2n) is 9.25. The molecular weight excluding hydrogens is 464 g/mol. The Balaban J connectivity index is 1.74. The highest BCUT2D eigenvalue weighted by atomic mass is 17.2. The van der Waals surface area contributed by atoms with Crippen LogP contribution in [0.5, 0.6) is 0 Å². The van der Waals surface area contributed by atoms with E-state index in [-0.39, 0.29) is 0 Å². The van der Waals surface area contributed by atoms with Crippen molar-refractivity contribution in [2.45, 2.75) is 26.4 Å². The van der Waals surface area contributed by atoms with Gasteiger partial charge in [0, 0.05) is 22.5 Å². The lowest BCUT2D eigenvalue weighted by Crippen LogP contribution is -2.23. The summed E-state index contributed by atoms with van der Waals surface area (Å²) in [6.45, 7) is 4.97. The highest BCUT2D eigenvalue weighted by Crippen LogP contribution is 2.37. The van der Waals surface area contributed by atoms with Crippen LogP contribution in [0.1, 0.15) is 31.9 Å². The second-order valence-corrected chi connectivity index (χ2v) is 9.25. The molecular formula is C31H30N2O4. The van der Waals surface area contributed by atoms with Crippen molar-refractivity contribution in [2.24, 2.45) is 5.16 Å². The van der Waals surface area contributed by atoms with E-state index in [4.69, 9.17) is 14.6 Å². The minimum atomic E-state index is -0.672. The lowest BCUT2D eigenvalue weighted by atomic mass is 9.99. The van der Waals surface area contributed by atoms with Gasteiger partial charge in [-0.25, -0.2) is 4.79 Å². The SMILES string of the molecule is CC(C)(C)OOC(=O)CO/N=C(\c1ccccc1)c1ccccc1N(c1ccccc1)c1ccccc1. The fourth-order valence-corrected chi connectivity index (χ4v) is 3.65. The van der Waals surface area contributed by atoms with Gasteiger partial charge < -0.3 is 9.74 Å². The maximum Gasteiger partial charge on any atom is 0.382 e. The third-order valence-electron chi connectivity index (χ3n) is 5.20. The predicted octanol–water partition coefficient (Wildman–Crippen LogP) is 7.20. The van der Waals surface area contributed by atoms with Crippen LogP contribution in [0.3, 0.4) is 0 Å². The zero-order valence-corrected chi connectivity index (χ0v) is 21.2. The first-order valence-electron chi connectivity index (χ1n) is 12.1. The van der Waals surface area contributed by atoms with Crippen LogP contribution in [-0.4, -0.2) is 23.9 Å². The lowest BCUT2D eigenvalue weighted by Gasteiger charge is -2.28. The largest absolute Gasteiger partial charge is 0.383 e. The summed E-state index contributed by atoms with van der Waals surface area (Å²) in [6.07, 6.45) is 0. The normalized spacial score (nSPS) is 11.6. The first-order valence-corrected chi connectivity index (χ1v) is 12.1. The molecule has 0 heterocycles. The number of nitrogens with zero attached hydrogens (tertiary/aromatic N) is 2. The number of hydrogen-bond acceptors (Lipinski definition) is 6. The molecule has 0 aliphatic rings. The quantitative estimate of drug-likeness (QED) is 0.140. The number of carbonyl (C=O) groups is 1. The molecule has 0 aliphatic heterocycles. The van der Waals surface area contributed by atoms with Crippen LogP contribution < -0.4 is 4.90 Å². The molecule has 4 rings (SSSR count). The zero-order chi connectivity index (χ0) is 26.1. The summed E-state index contributed by atoms with van der Waals surface area (Å²) in [4.78, 5) is 29.7. The Bertz CT molecular complexity index is 1280. The Labute approximate surface area is 217 Å². The highest BCUT2D eigenvalue weighted by molar-refractivity contribution is 6.16. The van der Waals surface area contributed by atoms with E-state index < -0.39 is 18.2 Å². The van der Waals surface area contributed by atoms with Crippen molar-refractivity contribution in [3.05, 3.63) is 126 Å². The molecule has 0 atom stereocenters. The summed E-state index contributed by atoms with van der Waals surface area (Å²) in [5.41, 5.74) is 4.54. The van der Waals surface area contributed by atoms with Gasteiger partial charge in [0.15, 0.2) is 0 Å². The van der Waals surface area contributed by atoms with Crippen molar-refractivity contribution in [2.75, 3.05) is 11.5 Å². The molecule has 0 spiro atoms. The molecule has 4 aromatic rings. The third kappa shape index (κ3) is 7.06. The van der Waals surface area contributed by atoms with Gasteiger partial charge >= 0.3 is 5.97 Å². The maximum absolute atomic E-state index is 12.1. The van der Waals surface area contributed by atoms with Crippen molar-refractivity contribution in [3.8, 4) is 0 Å². The van der Waals surface area contributed by atoms with E-state index in [1.54, 1.807) is 20.8 Å². The summed E-state index contributed by atoms with van der Waals surface area (Å²) in [5.74, 6) is -0.672. The molecule has 4 aromatic carbocycles. The molecule has 0 radical (unpaired) electrons. The molecule has 0 bridgehead atoms. The van der Waals surface area contributed by atoms with E-state index in [9.17, 15) is 4.79 Å². The molecule has 6 heteroatoms. The van der Waals surface area contributed by atoms with Gasteiger partial charge in [0.05, 0.1) is 5.69 Å². The van der Waals surface area contributed by atoms with Gasteiger partial charge in [-0.05, 0) is 51.1 Å². The number of benzene rings is 4. The summed E-state index contributed by atoms with van der Waals surface area (Å²) in [5, 5.41) is 4.41. The molecule has 0 saturated heterocycles. The molecule has 0 fully saturated rings. The Hall–Kier alpha value is -4.42. The van der Waals surface area contributed by atoms with Crippen molar-refractivity contribution < 1.29 is 19.4 Å². The van der Waals surface area contributed by atoms with Crippen LogP contribution in [0.25, 0.3) is 0 Å². The van der Waals surface area contributed by atoms with E-state index in [1.165, 1.54) is 0 Å². The number of anilines is 3. The Morgan fingerprint density at radius 1 is 0.730 bits per heavy atom. The summed E-state index contributed by atoms with van der Waals surface area (Å²) in [7, 11) is 0. The van der Waals surface area contributed by atoms with E-state index in [1.807, 2.05) is 91.0 Å². The molecule has 0 aliphatic carbocycles. The Morgan fingerprint density at radius 3 is 1.81 bits per heavy atom. The summed E-state index contributed by atoms with van der Waals surface area (Å²) < 4.78 is 0. The highest BCUT2D eigenvalue weighted by Gasteiger charge is 2.20. The second kappa shape index (κ2) is 12.0. The number of para-hydroxylation sites is 3. The molecule has 0 unspecified atom stereocenters. The van der Waals surface area contributed by atoms with E-state index in [0.29, 0.717) is 5.71 Å². The number of hydrogen-bond donors (Lipinski definition) is 0. The van der Waals surface area contributed by atoms with Crippen LogP contribution in [0.15, 0.2) is 120 Å². The standard InChI is InChI=1S/C31H30N2O4/c1-31(2,3)37-36-29(34)23-35-32-30(24-15-7-4-8-16-24)27-21-13-14-22-28(27)33(25-17-9-5-10-18-25)26-19-11-6-12-20-26/h4-22H,23H2,1-3H3/b32-30+. The molecule has 0 aromatic heterocycles. The van der Waals surface area contributed by atoms with Crippen LogP contribution in [0, 0.1) is 0 Å². The first-order chi connectivity index (χ1) is 17.9. The van der Waals surface area contributed by atoms with Gasteiger partial charge in [-0.15, -0.1) is 0 Å². The van der Waals surface area contributed by atoms with Crippen LogP contribution in [-0.2, 0) is 19.4 Å². The topological polar surface area (TPSA) is 60.4 Å². The maximum atomic E-state index is 12.1. The number of rotatable bonds is 9. The minimum Gasteiger partial charge on any atom is -0.383 e. The van der Waals surface area contributed by atoms with Gasteiger partial charge in [0.2, 0.25) is 6.61 Å². The molecule has 6 nitrogen and oxygen atoms in total. The lowest BCUT2D eigenvalue weighted by molar-refractivity contribution is -0.322. The molecule has 0 N–H and O–H groups in total. The average Bonchev–Trinajstić information content (AvgIpc) is 2.92. The molecule has 0 saturated carbocycles. The zero-order valence-electron chi connectivity index (χ0n) is 21.2. The number of carbonyl (C=O) groups excluding carboxylic acids is 1. The average molecular weight is 495 g/mol. The van der Waals surface area contributed by atoms with E-state index >= 15 is 0 Å². The van der Waals surface area contributed by atoms with Gasteiger partial charge in [0.1, 0.15) is 11.3 Å². The minimum absolute atomic E-state index is 0.393. The fraction of sp³-hybridized carbons (Fsp3) is 0.161.